The normalized spacial score (nSPS) is 13.4. The molecule has 0 saturated heterocycles. The zero-order valence-corrected chi connectivity index (χ0v) is 12.1. The van der Waals surface area contributed by atoms with Crippen molar-refractivity contribution >= 4 is 11.6 Å². The van der Waals surface area contributed by atoms with Gasteiger partial charge in [0, 0.05) is 18.6 Å². The van der Waals surface area contributed by atoms with Gasteiger partial charge in [-0.3, -0.25) is 0 Å². The summed E-state index contributed by atoms with van der Waals surface area (Å²) in [7, 11) is 1.68. The Balaban J connectivity index is 2.53. The predicted octanol–water partition coefficient (Wildman–Crippen LogP) is 4.53. The number of halogens is 1. The maximum Gasteiger partial charge on any atom is 0.119 e. The van der Waals surface area contributed by atoms with Crippen molar-refractivity contribution in [3.63, 3.8) is 0 Å². The van der Waals surface area contributed by atoms with E-state index >= 15 is 0 Å². The zero-order valence-electron chi connectivity index (χ0n) is 11.3. The molecular formula is C17H16ClNO. The second kappa shape index (κ2) is 6.56. The average Bonchev–Trinajstić information content (AvgIpc) is 2.51. The Kier molecular flexibility index (Phi) is 4.79. The largest absolute Gasteiger partial charge is 0.369 e. The van der Waals surface area contributed by atoms with Gasteiger partial charge in [0.1, 0.15) is 5.60 Å². The van der Waals surface area contributed by atoms with E-state index in [2.05, 4.69) is 6.07 Å². The Labute approximate surface area is 124 Å². The van der Waals surface area contributed by atoms with Crippen LogP contribution in [0.4, 0.5) is 0 Å². The highest BCUT2D eigenvalue weighted by Gasteiger charge is 2.33. The van der Waals surface area contributed by atoms with Gasteiger partial charge in [-0.15, -0.1) is 0 Å². The van der Waals surface area contributed by atoms with E-state index < -0.39 is 5.60 Å². The smallest absolute Gasteiger partial charge is 0.119 e. The number of nitrogens with zero attached hydrogens (tertiary/aromatic N) is 1. The molecule has 0 aliphatic heterocycles. The highest BCUT2D eigenvalue weighted by atomic mass is 35.5. The molecule has 20 heavy (non-hydrogen) atoms. The molecule has 0 radical (unpaired) electrons. The van der Waals surface area contributed by atoms with Crippen molar-refractivity contribution in [3.05, 3.63) is 70.7 Å². The maximum atomic E-state index is 8.94. The van der Waals surface area contributed by atoms with Crippen LogP contribution >= 0.6 is 11.6 Å². The minimum atomic E-state index is -0.610. The number of ether oxygens (including phenoxy) is 1. The van der Waals surface area contributed by atoms with Gasteiger partial charge in [-0.05, 0) is 29.7 Å². The van der Waals surface area contributed by atoms with Gasteiger partial charge in [0.2, 0.25) is 0 Å². The van der Waals surface area contributed by atoms with Gasteiger partial charge in [0.25, 0.3) is 0 Å². The summed E-state index contributed by atoms with van der Waals surface area (Å²) in [4.78, 5) is 0. The summed E-state index contributed by atoms with van der Waals surface area (Å²) in [5.74, 6) is 0. The standard InChI is InChI=1S/C17H16ClNO/c1-20-17(12-5-13-19,14-6-3-2-4-7-14)15-8-10-16(18)11-9-15/h2-4,6-11H,5,12H2,1H3. The molecule has 0 aromatic heterocycles. The third-order valence-electron chi connectivity index (χ3n) is 3.49. The molecule has 2 rings (SSSR count). The molecule has 0 aliphatic rings. The number of nitriles is 1. The Hall–Kier alpha value is -1.82. The summed E-state index contributed by atoms with van der Waals surface area (Å²) in [6.45, 7) is 0. The number of benzene rings is 2. The van der Waals surface area contributed by atoms with Gasteiger partial charge in [0.05, 0.1) is 6.07 Å². The first-order valence-electron chi connectivity index (χ1n) is 6.46. The summed E-state index contributed by atoms with van der Waals surface area (Å²) in [6.07, 6.45) is 1.02. The maximum absolute atomic E-state index is 8.94. The van der Waals surface area contributed by atoms with Crippen LogP contribution < -0.4 is 0 Å². The summed E-state index contributed by atoms with van der Waals surface area (Å²) in [5, 5.41) is 9.62. The molecule has 0 fully saturated rings. The van der Waals surface area contributed by atoms with Crippen molar-refractivity contribution in [1.82, 2.24) is 0 Å². The molecular weight excluding hydrogens is 270 g/mol. The first-order chi connectivity index (χ1) is 9.73. The monoisotopic (exact) mass is 285 g/mol. The molecule has 0 bridgehead atoms. The second-order valence-electron chi connectivity index (χ2n) is 4.56. The first-order valence-corrected chi connectivity index (χ1v) is 6.84. The highest BCUT2D eigenvalue weighted by Crippen LogP contribution is 2.37. The lowest BCUT2D eigenvalue weighted by molar-refractivity contribution is 0.0156. The molecule has 2 aromatic rings. The quantitative estimate of drug-likeness (QED) is 0.808. The minimum Gasteiger partial charge on any atom is -0.369 e. The van der Waals surface area contributed by atoms with E-state index in [4.69, 9.17) is 21.6 Å². The highest BCUT2D eigenvalue weighted by molar-refractivity contribution is 6.30. The number of hydrogen-bond acceptors (Lipinski definition) is 2. The lowest BCUT2D eigenvalue weighted by atomic mass is 9.82. The Morgan fingerprint density at radius 1 is 1.05 bits per heavy atom. The van der Waals surface area contributed by atoms with E-state index in [9.17, 15) is 0 Å². The molecule has 2 aromatic carbocycles. The van der Waals surface area contributed by atoms with Crippen LogP contribution in [0.1, 0.15) is 24.0 Å². The van der Waals surface area contributed by atoms with E-state index in [1.807, 2.05) is 54.6 Å². The summed E-state index contributed by atoms with van der Waals surface area (Å²) >= 11 is 5.96. The molecule has 0 amide bonds. The summed E-state index contributed by atoms with van der Waals surface area (Å²) in [5.41, 5.74) is 1.44. The molecule has 0 spiro atoms. The third-order valence-corrected chi connectivity index (χ3v) is 3.74. The van der Waals surface area contributed by atoms with Crippen LogP contribution in [-0.4, -0.2) is 7.11 Å². The SMILES string of the molecule is COC(CCC#N)(c1ccccc1)c1ccc(Cl)cc1. The van der Waals surface area contributed by atoms with Crippen molar-refractivity contribution in [2.75, 3.05) is 7.11 Å². The molecule has 0 saturated carbocycles. The Morgan fingerprint density at radius 2 is 1.65 bits per heavy atom. The van der Waals surface area contributed by atoms with Gasteiger partial charge < -0.3 is 4.74 Å². The molecule has 1 atom stereocenters. The molecule has 0 N–H and O–H groups in total. The van der Waals surface area contributed by atoms with E-state index in [1.54, 1.807) is 7.11 Å². The zero-order chi connectivity index (χ0) is 14.4. The topological polar surface area (TPSA) is 33.0 Å². The van der Waals surface area contributed by atoms with Crippen LogP contribution in [0, 0.1) is 11.3 Å². The second-order valence-corrected chi connectivity index (χ2v) is 5.00. The number of hydrogen-bond donors (Lipinski definition) is 0. The fraction of sp³-hybridized carbons (Fsp3) is 0.235. The Morgan fingerprint density at radius 3 is 2.20 bits per heavy atom. The predicted molar refractivity (Wildman–Crippen MR) is 80.5 cm³/mol. The van der Waals surface area contributed by atoms with Crippen LogP contribution in [0.15, 0.2) is 54.6 Å². The van der Waals surface area contributed by atoms with Crippen molar-refractivity contribution < 1.29 is 4.74 Å². The first kappa shape index (κ1) is 14.6. The average molecular weight is 286 g/mol. The Bertz CT molecular complexity index is 589. The van der Waals surface area contributed by atoms with Crippen molar-refractivity contribution in [2.45, 2.75) is 18.4 Å². The van der Waals surface area contributed by atoms with Crippen LogP contribution in [0.25, 0.3) is 0 Å². The van der Waals surface area contributed by atoms with Crippen LogP contribution in [0.5, 0.6) is 0 Å². The van der Waals surface area contributed by atoms with Crippen molar-refractivity contribution in [2.24, 2.45) is 0 Å². The van der Waals surface area contributed by atoms with Gasteiger partial charge in [0.15, 0.2) is 0 Å². The van der Waals surface area contributed by atoms with Gasteiger partial charge in [-0.2, -0.15) is 5.26 Å². The summed E-state index contributed by atoms with van der Waals surface area (Å²) in [6, 6.07) is 19.8. The van der Waals surface area contributed by atoms with Crippen molar-refractivity contribution in [1.29, 1.82) is 5.26 Å². The fourth-order valence-corrected chi connectivity index (χ4v) is 2.58. The molecule has 102 valence electrons. The number of methoxy groups -OCH3 is 1. The lowest BCUT2D eigenvalue weighted by Gasteiger charge is -2.33. The minimum absolute atomic E-state index is 0.422. The molecule has 3 heteroatoms. The van der Waals surface area contributed by atoms with Gasteiger partial charge >= 0.3 is 0 Å². The molecule has 0 aliphatic carbocycles. The molecule has 0 heterocycles. The fourth-order valence-electron chi connectivity index (χ4n) is 2.45. The van der Waals surface area contributed by atoms with E-state index in [0.29, 0.717) is 17.9 Å². The van der Waals surface area contributed by atoms with Crippen LogP contribution in [0.3, 0.4) is 0 Å². The van der Waals surface area contributed by atoms with Crippen molar-refractivity contribution in [3.8, 4) is 6.07 Å². The molecule has 2 nitrogen and oxygen atoms in total. The van der Waals surface area contributed by atoms with Gasteiger partial charge in [-0.25, -0.2) is 0 Å². The number of rotatable bonds is 5. The van der Waals surface area contributed by atoms with Gasteiger partial charge in [-0.1, -0.05) is 54.1 Å². The van der Waals surface area contributed by atoms with E-state index in [-0.39, 0.29) is 0 Å². The van der Waals surface area contributed by atoms with E-state index in [1.165, 1.54) is 0 Å². The lowest BCUT2D eigenvalue weighted by Crippen LogP contribution is -2.30. The molecule has 1 unspecified atom stereocenters. The summed E-state index contributed by atoms with van der Waals surface area (Å²) < 4.78 is 5.86. The van der Waals surface area contributed by atoms with Crippen LogP contribution in [0.2, 0.25) is 5.02 Å². The van der Waals surface area contributed by atoms with E-state index in [0.717, 1.165) is 11.1 Å². The third kappa shape index (κ3) is 2.85. The van der Waals surface area contributed by atoms with Crippen LogP contribution in [-0.2, 0) is 10.3 Å².